The van der Waals surface area contributed by atoms with E-state index in [4.69, 9.17) is 4.74 Å². The van der Waals surface area contributed by atoms with Crippen LogP contribution in [0.15, 0.2) is 29.3 Å². The standard InChI is InChI=1S/C18H26N4O3S.HI/c1-19-18(22-10-14-15(11-22)17-7-6-16(14)25-17)20-9-12-4-3-5-13(8-12)21-26(2,23)24;/h3-5,8,14-17,21H,6-7,9-11H2,1-2H3,(H,19,20);1H. The third-order valence-electron chi connectivity index (χ3n) is 5.64. The smallest absolute Gasteiger partial charge is 0.229 e. The first-order valence-corrected chi connectivity index (χ1v) is 11.0. The summed E-state index contributed by atoms with van der Waals surface area (Å²) in [6, 6.07) is 7.41. The molecule has 3 fully saturated rings. The second-order valence-corrected chi connectivity index (χ2v) is 9.25. The van der Waals surface area contributed by atoms with Gasteiger partial charge in [-0.25, -0.2) is 8.42 Å². The zero-order valence-corrected chi connectivity index (χ0v) is 18.7. The number of likely N-dealkylation sites (tertiary alicyclic amines) is 1. The van der Waals surface area contributed by atoms with Crippen molar-refractivity contribution in [2.24, 2.45) is 16.8 Å². The molecule has 150 valence electrons. The topological polar surface area (TPSA) is 83.0 Å². The number of halogens is 1. The van der Waals surface area contributed by atoms with E-state index in [1.807, 2.05) is 25.2 Å². The number of hydrogen-bond acceptors (Lipinski definition) is 4. The molecular weight excluding hydrogens is 479 g/mol. The summed E-state index contributed by atoms with van der Waals surface area (Å²) in [5.74, 6) is 2.17. The molecule has 3 aliphatic rings. The molecule has 3 heterocycles. The van der Waals surface area contributed by atoms with E-state index in [2.05, 4.69) is 19.9 Å². The molecule has 9 heteroatoms. The molecule has 3 saturated heterocycles. The lowest BCUT2D eigenvalue weighted by atomic mass is 9.82. The van der Waals surface area contributed by atoms with Gasteiger partial charge in [0.15, 0.2) is 5.96 Å². The van der Waals surface area contributed by atoms with Gasteiger partial charge in [-0.05, 0) is 30.5 Å². The Morgan fingerprint density at radius 1 is 1.26 bits per heavy atom. The molecule has 0 spiro atoms. The van der Waals surface area contributed by atoms with Crippen molar-refractivity contribution in [3.63, 3.8) is 0 Å². The Kier molecular flexibility index (Phi) is 6.21. The third-order valence-corrected chi connectivity index (χ3v) is 6.25. The Hall–Kier alpha value is -1.07. The monoisotopic (exact) mass is 506 g/mol. The van der Waals surface area contributed by atoms with Crippen molar-refractivity contribution in [2.45, 2.75) is 31.6 Å². The maximum Gasteiger partial charge on any atom is 0.229 e. The normalized spacial score (nSPS) is 29.4. The van der Waals surface area contributed by atoms with E-state index >= 15 is 0 Å². The molecule has 2 bridgehead atoms. The van der Waals surface area contributed by atoms with Gasteiger partial charge in [0.25, 0.3) is 0 Å². The molecule has 1 aromatic carbocycles. The number of benzene rings is 1. The quantitative estimate of drug-likeness (QED) is 0.370. The molecule has 3 aliphatic heterocycles. The van der Waals surface area contributed by atoms with Crippen molar-refractivity contribution in [3.05, 3.63) is 29.8 Å². The number of guanidine groups is 1. The van der Waals surface area contributed by atoms with Crippen molar-refractivity contribution >= 4 is 45.6 Å². The molecule has 27 heavy (non-hydrogen) atoms. The van der Waals surface area contributed by atoms with Crippen molar-refractivity contribution in [1.82, 2.24) is 10.2 Å². The van der Waals surface area contributed by atoms with E-state index in [1.165, 1.54) is 12.8 Å². The van der Waals surface area contributed by atoms with E-state index < -0.39 is 10.0 Å². The van der Waals surface area contributed by atoms with Gasteiger partial charge in [0.05, 0.1) is 18.5 Å². The first-order chi connectivity index (χ1) is 12.4. The van der Waals surface area contributed by atoms with E-state index in [-0.39, 0.29) is 24.0 Å². The number of rotatable bonds is 4. The number of anilines is 1. The average Bonchev–Trinajstić information content (AvgIpc) is 3.27. The third kappa shape index (κ3) is 4.51. The lowest BCUT2D eigenvalue weighted by Gasteiger charge is -2.23. The fourth-order valence-electron chi connectivity index (χ4n) is 4.61. The number of fused-ring (bicyclic) bond motifs is 5. The maximum absolute atomic E-state index is 11.4. The molecule has 2 N–H and O–H groups in total. The van der Waals surface area contributed by atoms with Crippen molar-refractivity contribution in [2.75, 3.05) is 31.1 Å². The van der Waals surface area contributed by atoms with Gasteiger partial charge in [-0.15, -0.1) is 24.0 Å². The lowest BCUT2D eigenvalue weighted by Crippen LogP contribution is -2.41. The van der Waals surface area contributed by atoms with Crippen LogP contribution in [0.1, 0.15) is 18.4 Å². The van der Waals surface area contributed by atoms with Gasteiger partial charge in [-0.1, -0.05) is 12.1 Å². The number of aliphatic imine (C=N–C) groups is 1. The summed E-state index contributed by atoms with van der Waals surface area (Å²) < 4.78 is 31.3. The molecule has 0 radical (unpaired) electrons. The molecule has 0 aliphatic carbocycles. The number of nitrogens with one attached hydrogen (secondary N) is 2. The van der Waals surface area contributed by atoms with E-state index in [1.54, 1.807) is 6.07 Å². The highest BCUT2D eigenvalue weighted by atomic mass is 127. The molecule has 1 aromatic rings. The van der Waals surface area contributed by atoms with Gasteiger partial charge in [0.1, 0.15) is 0 Å². The summed E-state index contributed by atoms with van der Waals surface area (Å²) in [6.07, 6.45) is 4.43. The van der Waals surface area contributed by atoms with Crippen LogP contribution >= 0.6 is 24.0 Å². The molecule has 0 aromatic heterocycles. The zero-order chi connectivity index (χ0) is 18.3. The fraction of sp³-hybridized carbons (Fsp3) is 0.611. The van der Waals surface area contributed by atoms with Gasteiger partial charge < -0.3 is 15.0 Å². The zero-order valence-electron chi connectivity index (χ0n) is 15.6. The number of ether oxygens (including phenoxy) is 1. The van der Waals surface area contributed by atoms with Crippen LogP contribution in [0, 0.1) is 11.8 Å². The molecule has 0 saturated carbocycles. The Balaban J connectivity index is 0.00000210. The molecule has 0 amide bonds. The van der Waals surface area contributed by atoms with Crippen LogP contribution in [-0.2, 0) is 21.3 Å². The molecular formula is C18H27IN4O3S. The van der Waals surface area contributed by atoms with Crippen LogP contribution in [0.25, 0.3) is 0 Å². The predicted octanol–water partition coefficient (Wildman–Crippen LogP) is 1.86. The van der Waals surface area contributed by atoms with Gasteiger partial charge in [0, 0.05) is 44.2 Å². The van der Waals surface area contributed by atoms with Gasteiger partial charge in [0.2, 0.25) is 10.0 Å². The number of nitrogens with zero attached hydrogens (tertiary/aromatic N) is 2. The van der Waals surface area contributed by atoms with Crippen molar-refractivity contribution in [1.29, 1.82) is 0 Å². The Morgan fingerprint density at radius 2 is 1.93 bits per heavy atom. The first-order valence-electron chi connectivity index (χ1n) is 9.11. The molecule has 4 atom stereocenters. The summed E-state index contributed by atoms with van der Waals surface area (Å²) in [5.41, 5.74) is 1.58. The van der Waals surface area contributed by atoms with Crippen LogP contribution in [-0.4, -0.2) is 57.9 Å². The number of sulfonamides is 1. The minimum Gasteiger partial charge on any atom is -0.374 e. The van der Waals surface area contributed by atoms with E-state index in [9.17, 15) is 8.42 Å². The molecule has 7 nitrogen and oxygen atoms in total. The van der Waals surface area contributed by atoms with E-state index in [0.717, 1.165) is 30.9 Å². The summed E-state index contributed by atoms with van der Waals surface area (Å²) in [6.45, 7) is 2.60. The van der Waals surface area contributed by atoms with E-state index in [0.29, 0.717) is 36.3 Å². The summed E-state index contributed by atoms with van der Waals surface area (Å²) in [4.78, 5) is 6.78. The van der Waals surface area contributed by atoms with Crippen LogP contribution in [0.2, 0.25) is 0 Å². The Bertz CT molecular complexity index is 799. The second kappa shape index (κ2) is 8.12. The van der Waals surface area contributed by atoms with Gasteiger partial charge in [-0.3, -0.25) is 9.71 Å². The maximum atomic E-state index is 11.4. The Morgan fingerprint density at radius 3 is 2.52 bits per heavy atom. The van der Waals surface area contributed by atoms with Crippen molar-refractivity contribution < 1.29 is 13.2 Å². The highest BCUT2D eigenvalue weighted by Crippen LogP contribution is 2.47. The van der Waals surface area contributed by atoms with Crippen LogP contribution in [0.5, 0.6) is 0 Å². The van der Waals surface area contributed by atoms with Crippen LogP contribution < -0.4 is 10.0 Å². The minimum atomic E-state index is -3.27. The molecule has 4 unspecified atom stereocenters. The second-order valence-electron chi connectivity index (χ2n) is 7.50. The highest BCUT2D eigenvalue weighted by Gasteiger charge is 2.53. The summed E-state index contributed by atoms with van der Waals surface area (Å²) in [7, 11) is -1.46. The predicted molar refractivity (Wildman–Crippen MR) is 117 cm³/mol. The Labute approximate surface area is 178 Å². The lowest BCUT2D eigenvalue weighted by molar-refractivity contribution is 0.0767. The summed E-state index contributed by atoms with van der Waals surface area (Å²) in [5, 5.41) is 3.41. The van der Waals surface area contributed by atoms with Gasteiger partial charge >= 0.3 is 0 Å². The minimum absolute atomic E-state index is 0. The summed E-state index contributed by atoms with van der Waals surface area (Å²) >= 11 is 0. The number of hydrogen-bond donors (Lipinski definition) is 2. The first kappa shape index (κ1) is 20.7. The largest absolute Gasteiger partial charge is 0.374 e. The average molecular weight is 506 g/mol. The van der Waals surface area contributed by atoms with Crippen LogP contribution in [0.4, 0.5) is 5.69 Å². The van der Waals surface area contributed by atoms with Crippen LogP contribution in [0.3, 0.4) is 0 Å². The molecule has 4 rings (SSSR count). The fourth-order valence-corrected chi connectivity index (χ4v) is 5.16. The van der Waals surface area contributed by atoms with Gasteiger partial charge in [-0.2, -0.15) is 0 Å². The SMILES string of the molecule is CN=C(NCc1cccc(NS(C)(=O)=O)c1)N1CC2C3CCC(O3)C2C1.I. The highest BCUT2D eigenvalue weighted by molar-refractivity contribution is 14.0. The van der Waals surface area contributed by atoms with Crippen molar-refractivity contribution in [3.8, 4) is 0 Å².